The van der Waals surface area contributed by atoms with Crippen molar-refractivity contribution in [1.82, 2.24) is 19.9 Å². The maximum absolute atomic E-state index is 12.8. The maximum atomic E-state index is 12.8. The monoisotopic (exact) mass is 484 g/mol. The Balaban J connectivity index is 1.28. The van der Waals surface area contributed by atoms with E-state index >= 15 is 0 Å². The molecule has 5 rings (SSSR count). The van der Waals surface area contributed by atoms with Crippen molar-refractivity contribution >= 4 is 28.7 Å². The summed E-state index contributed by atoms with van der Waals surface area (Å²) in [5, 5.41) is 4.22. The van der Waals surface area contributed by atoms with Crippen LogP contribution in [0, 0.1) is 12.8 Å². The molecule has 1 amide bonds. The summed E-state index contributed by atoms with van der Waals surface area (Å²) in [5.74, 6) is 1.37. The zero-order valence-corrected chi connectivity index (χ0v) is 21.2. The first-order valence-electron chi connectivity index (χ1n) is 12.5. The van der Waals surface area contributed by atoms with Crippen LogP contribution in [0.15, 0.2) is 72.1 Å². The number of pyridine rings is 1. The molecule has 0 bridgehead atoms. The number of hydrogen-bond acceptors (Lipinski definition) is 4. The number of aromatic nitrogens is 3. The van der Waals surface area contributed by atoms with Crippen molar-refractivity contribution in [3.05, 3.63) is 89.2 Å². The molecule has 2 aromatic heterocycles. The van der Waals surface area contributed by atoms with Crippen LogP contribution in [-0.4, -0.2) is 26.5 Å². The molecule has 0 aliphatic heterocycles. The number of thioether (sulfide) groups is 1. The summed E-state index contributed by atoms with van der Waals surface area (Å²) in [7, 11) is 0. The maximum Gasteiger partial charge on any atom is 0.251 e. The van der Waals surface area contributed by atoms with Crippen LogP contribution in [0.2, 0.25) is 0 Å². The Morgan fingerprint density at radius 1 is 1.09 bits per heavy atom. The van der Waals surface area contributed by atoms with Crippen molar-refractivity contribution in [3.8, 4) is 0 Å². The Morgan fingerprint density at radius 2 is 1.91 bits per heavy atom. The summed E-state index contributed by atoms with van der Waals surface area (Å²) >= 11 is 1.72. The van der Waals surface area contributed by atoms with E-state index in [1.807, 2.05) is 24.4 Å². The SMILES string of the molecule is Cc1cccc(Cn2c(SCc3ccc(C(=O)N[C@H]4CCCC[C@@H]4C)cc3)nc3ccncc32)c1. The molecular weight excluding hydrogens is 452 g/mol. The van der Waals surface area contributed by atoms with Crippen LogP contribution in [0.25, 0.3) is 11.0 Å². The van der Waals surface area contributed by atoms with E-state index in [-0.39, 0.29) is 5.91 Å². The zero-order valence-electron chi connectivity index (χ0n) is 20.4. The highest BCUT2D eigenvalue weighted by Crippen LogP contribution is 2.28. The van der Waals surface area contributed by atoms with Crippen LogP contribution in [0.3, 0.4) is 0 Å². The average Bonchev–Trinajstić information content (AvgIpc) is 3.21. The van der Waals surface area contributed by atoms with Gasteiger partial charge in [0.25, 0.3) is 5.91 Å². The van der Waals surface area contributed by atoms with Crippen molar-refractivity contribution in [3.63, 3.8) is 0 Å². The predicted molar refractivity (Wildman–Crippen MR) is 143 cm³/mol. The molecule has 4 aromatic rings. The second-order valence-corrected chi connectivity index (χ2v) is 10.6. The number of rotatable bonds is 7. The molecule has 6 heteroatoms. The van der Waals surface area contributed by atoms with Crippen molar-refractivity contribution in [2.24, 2.45) is 5.92 Å². The third-order valence-electron chi connectivity index (χ3n) is 6.95. The lowest BCUT2D eigenvalue weighted by molar-refractivity contribution is 0.0910. The van der Waals surface area contributed by atoms with E-state index in [4.69, 9.17) is 4.98 Å². The molecule has 2 heterocycles. The van der Waals surface area contributed by atoms with Gasteiger partial charge in [-0.15, -0.1) is 0 Å². The summed E-state index contributed by atoms with van der Waals surface area (Å²) in [4.78, 5) is 22.0. The largest absolute Gasteiger partial charge is 0.349 e. The highest BCUT2D eigenvalue weighted by Gasteiger charge is 2.23. The fraction of sp³-hybridized carbons (Fsp3) is 0.345. The van der Waals surface area contributed by atoms with Crippen LogP contribution < -0.4 is 5.32 Å². The number of carbonyl (C=O) groups excluding carboxylic acids is 1. The first-order chi connectivity index (χ1) is 17.1. The van der Waals surface area contributed by atoms with Crippen LogP contribution in [-0.2, 0) is 12.3 Å². The number of hydrogen-bond donors (Lipinski definition) is 1. The number of amides is 1. The van der Waals surface area contributed by atoms with Gasteiger partial charge in [-0.2, -0.15) is 0 Å². The van der Waals surface area contributed by atoms with Crippen molar-refractivity contribution in [2.45, 2.75) is 63.0 Å². The van der Waals surface area contributed by atoms with E-state index < -0.39 is 0 Å². The van der Waals surface area contributed by atoms with Crippen LogP contribution in [0.5, 0.6) is 0 Å². The third-order valence-corrected chi connectivity index (χ3v) is 8.00. The number of carbonyl (C=O) groups is 1. The van der Waals surface area contributed by atoms with Gasteiger partial charge >= 0.3 is 0 Å². The lowest BCUT2D eigenvalue weighted by atomic mass is 9.86. The Labute approximate surface area is 211 Å². The fourth-order valence-electron chi connectivity index (χ4n) is 4.89. The molecule has 1 saturated carbocycles. The number of aryl methyl sites for hydroxylation is 1. The molecule has 1 fully saturated rings. The molecule has 0 unspecified atom stereocenters. The molecule has 35 heavy (non-hydrogen) atoms. The summed E-state index contributed by atoms with van der Waals surface area (Å²) < 4.78 is 2.24. The van der Waals surface area contributed by atoms with Gasteiger partial charge in [0.15, 0.2) is 5.16 Å². The smallest absolute Gasteiger partial charge is 0.251 e. The number of benzene rings is 2. The summed E-state index contributed by atoms with van der Waals surface area (Å²) in [5.41, 5.74) is 6.40. The predicted octanol–water partition coefficient (Wildman–Crippen LogP) is 6.39. The highest BCUT2D eigenvalue weighted by atomic mass is 32.2. The van der Waals surface area contributed by atoms with E-state index in [1.165, 1.54) is 36.0 Å². The van der Waals surface area contributed by atoms with Gasteiger partial charge in [0.1, 0.15) is 0 Å². The van der Waals surface area contributed by atoms with Gasteiger partial charge in [-0.25, -0.2) is 4.98 Å². The van der Waals surface area contributed by atoms with Gasteiger partial charge in [0, 0.05) is 23.6 Å². The first-order valence-corrected chi connectivity index (χ1v) is 13.4. The second-order valence-electron chi connectivity index (χ2n) is 9.66. The molecule has 180 valence electrons. The molecule has 5 nitrogen and oxygen atoms in total. The van der Waals surface area contributed by atoms with Gasteiger partial charge < -0.3 is 9.88 Å². The minimum Gasteiger partial charge on any atom is -0.349 e. The summed E-state index contributed by atoms with van der Waals surface area (Å²) in [6.45, 7) is 5.12. The minimum absolute atomic E-state index is 0.0374. The van der Waals surface area contributed by atoms with Crippen LogP contribution in [0.4, 0.5) is 0 Å². The molecular formula is C29H32N4OS. The number of nitrogens with one attached hydrogen (secondary N) is 1. The highest BCUT2D eigenvalue weighted by molar-refractivity contribution is 7.98. The van der Waals surface area contributed by atoms with Crippen molar-refractivity contribution in [1.29, 1.82) is 0 Å². The molecule has 2 aromatic carbocycles. The van der Waals surface area contributed by atoms with E-state index in [0.717, 1.165) is 40.5 Å². The standard InChI is InChI=1S/C29H32N4OS/c1-20-6-5-8-23(16-20)18-33-27-17-30-15-14-26(27)32-29(33)35-19-22-10-12-24(13-11-22)28(34)31-25-9-4-3-7-21(25)2/h5-6,8,10-17,21,25H,3-4,7,9,18-19H2,1-2H3,(H,31,34)/t21-,25-/m0/s1. The Kier molecular flexibility index (Phi) is 7.19. The van der Waals surface area contributed by atoms with Crippen LogP contribution in [0.1, 0.15) is 59.7 Å². The van der Waals surface area contributed by atoms with E-state index in [0.29, 0.717) is 12.0 Å². The molecule has 2 atom stereocenters. The Bertz CT molecular complexity index is 1310. The lowest BCUT2D eigenvalue weighted by Crippen LogP contribution is -2.41. The molecule has 0 spiro atoms. The number of fused-ring (bicyclic) bond motifs is 1. The zero-order chi connectivity index (χ0) is 24.2. The topological polar surface area (TPSA) is 59.8 Å². The minimum atomic E-state index is 0.0374. The van der Waals surface area contributed by atoms with Crippen molar-refractivity contribution in [2.75, 3.05) is 0 Å². The lowest BCUT2D eigenvalue weighted by Gasteiger charge is -2.29. The molecule has 1 aliphatic carbocycles. The van der Waals surface area contributed by atoms with E-state index in [2.05, 4.69) is 65.1 Å². The Hall–Kier alpha value is -3.12. The normalized spacial score (nSPS) is 18.0. The molecule has 0 radical (unpaired) electrons. The van der Waals surface area contributed by atoms with Gasteiger partial charge in [-0.3, -0.25) is 9.78 Å². The van der Waals surface area contributed by atoms with Gasteiger partial charge in [0.05, 0.1) is 23.8 Å². The molecule has 0 saturated heterocycles. The Morgan fingerprint density at radius 3 is 2.71 bits per heavy atom. The third kappa shape index (κ3) is 5.59. The molecule has 1 aliphatic rings. The fourth-order valence-corrected chi connectivity index (χ4v) is 5.86. The van der Waals surface area contributed by atoms with E-state index in [1.54, 1.807) is 18.0 Å². The number of nitrogens with zero attached hydrogens (tertiary/aromatic N) is 3. The first kappa shape index (κ1) is 23.6. The van der Waals surface area contributed by atoms with Crippen molar-refractivity contribution < 1.29 is 4.79 Å². The average molecular weight is 485 g/mol. The summed E-state index contributed by atoms with van der Waals surface area (Å²) in [6, 6.07) is 18.8. The number of imidazole rings is 1. The van der Waals surface area contributed by atoms with Gasteiger partial charge in [-0.05, 0) is 55.0 Å². The quantitative estimate of drug-likeness (QED) is 0.309. The second kappa shape index (κ2) is 10.6. The van der Waals surface area contributed by atoms with E-state index in [9.17, 15) is 4.79 Å². The van der Waals surface area contributed by atoms with Gasteiger partial charge in [-0.1, -0.05) is 73.5 Å². The van der Waals surface area contributed by atoms with Crippen LogP contribution >= 0.6 is 11.8 Å². The van der Waals surface area contributed by atoms with Gasteiger partial charge in [0.2, 0.25) is 0 Å². The molecule has 1 N–H and O–H groups in total. The summed E-state index contributed by atoms with van der Waals surface area (Å²) in [6.07, 6.45) is 8.44.